The van der Waals surface area contributed by atoms with Crippen molar-refractivity contribution in [1.82, 2.24) is 15.0 Å². The van der Waals surface area contributed by atoms with E-state index in [4.69, 9.17) is 9.84 Å². The highest BCUT2D eigenvalue weighted by Gasteiger charge is 2.10. The summed E-state index contributed by atoms with van der Waals surface area (Å²) in [6.45, 7) is 0. The molecule has 0 aliphatic carbocycles. The number of ether oxygens (including phenoxy) is 1. The molecule has 2 aromatic carbocycles. The number of rotatable bonds is 5. The van der Waals surface area contributed by atoms with Crippen molar-refractivity contribution in [2.45, 2.75) is 6.42 Å². The van der Waals surface area contributed by atoms with E-state index in [9.17, 15) is 4.79 Å². The van der Waals surface area contributed by atoms with Gasteiger partial charge in [-0.15, -0.1) is 5.10 Å². The molecule has 22 heavy (non-hydrogen) atoms. The molecule has 0 aliphatic rings. The Bertz CT molecular complexity index is 767. The van der Waals surface area contributed by atoms with Crippen molar-refractivity contribution in [2.75, 3.05) is 0 Å². The lowest BCUT2D eigenvalue weighted by Gasteiger charge is -2.08. The highest BCUT2D eigenvalue weighted by atomic mass is 16.5. The summed E-state index contributed by atoms with van der Waals surface area (Å²) >= 11 is 0. The summed E-state index contributed by atoms with van der Waals surface area (Å²) in [5.74, 6) is 0.519. The van der Waals surface area contributed by atoms with E-state index in [1.807, 2.05) is 30.3 Å². The molecule has 1 aromatic heterocycles. The van der Waals surface area contributed by atoms with Crippen LogP contribution in [0.5, 0.6) is 11.5 Å². The Morgan fingerprint density at radius 2 is 1.73 bits per heavy atom. The molecule has 0 radical (unpaired) electrons. The maximum absolute atomic E-state index is 10.8. The second kappa shape index (κ2) is 6.09. The highest BCUT2D eigenvalue weighted by Crippen LogP contribution is 2.22. The number of carbonyl (C=O) groups is 1. The minimum absolute atomic E-state index is 0.130. The molecule has 0 amide bonds. The lowest BCUT2D eigenvalue weighted by Crippen LogP contribution is -2.07. The van der Waals surface area contributed by atoms with Crippen LogP contribution in [0.2, 0.25) is 0 Å². The van der Waals surface area contributed by atoms with Crippen LogP contribution in [0, 0.1) is 0 Å². The van der Waals surface area contributed by atoms with Gasteiger partial charge in [-0.3, -0.25) is 4.79 Å². The number of aromatic nitrogens is 3. The Morgan fingerprint density at radius 3 is 2.41 bits per heavy atom. The molecule has 0 atom stereocenters. The Morgan fingerprint density at radius 1 is 1.05 bits per heavy atom. The molecular formula is C16H13N3O3. The zero-order valence-corrected chi connectivity index (χ0v) is 11.6. The Hall–Kier alpha value is -3.15. The lowest BCUT2D eigenvalue weighted by molar-refractivity contribution is -0.136. The van der Waals surface area contributed by atoms with Gasteiger partial charge in [-0.2, -0.15) is 0 Å². The summed E-state index contributed by atoms with van der Waals surface area (Å²) < 4.78 is 7.21. The Kier molecular flexibility index (Phi) is 3.82. The van der Waals surface area contributed by atoms with Gasteiger partial charge in [-0.25, -0.2) is 4.68 Å². The van der Waals surface area contributed by atoms with Crippen LogP contribution in [0.1, 0.15) is 5.69 Å². The molecule has 1 N–H and O–H groups in total. The van der Waals surface area contributed by atoms with Gasteiger partial charge in [0.15, 0.2) is 0 Å². The monoisotopic (exact) mass is 295 g/mol. The average Bonchev–Trinajstić information content (AvgIpc) is 2.96. The maximum atomic E-state index is 10.8. The van der Waals surface area contributed by atoms with E-state index in [0.717, 1.165) is 11.4 Å². The molecule has 0 unspecified atom stereocenters. The fourth-order valence-electron chi connectivity index (χ4n) is 2.03. The van der Waals surface area contributed by atoms with Crippen LogP contribution >= 0.6 is 0 Å². The number of aliphatic carboxylic acids is 1. The summed E-state index contributed by atoms with van der Waals surface area (Å²) in [6.07, 6.45) is 1.32. The van der Waals surface area contributed by atoms with Crippen LogP contribution in [0.25, 0.3) is 5.69 Å². The number of nitrogens with zero attached hydrogens (tertiary/aromatic N) is 3. The molecule has 6 nitrogen and oxygen atoms in total. The van der Waals surface area contributed by atoms with Crippen LogP contribution in [-0.4, -0.2) is 26.1 Å². The predicted octanol–water partition coefficient (Wildman–Crippen LogP) is 2.69. The molecule has 6 heteroatoms. The molecular weight excluding hydrogens is 282 g/mol. The maximum Gasteiger partial charge on any atom is 0.309 e. The second-order valence-electron chi connectivity index (χ2n) is 4.62. The van der Waals surface area contributed by atoms with Crippen molar-refractivity contribution < 1.29 is 14.6 Å². The quantitative estimate of drug-likeness (QED) is 0.783. The molecule has 0 bridgehead atoms. The first-order chi connectivity index (χ1) is 10.7. The fraction of sp³-hybridized carbons (Fsp3) is 0.0625. The summed E-state index contributed by atoms with van der Waals surface area (Å²) in [5, 5.41) is 16.6. The van der Waals surface area contributed by atoms with E-state index >= 15 is 0 Å². The first kappa shape index (κ1) is 13.8. The minimum Gasteiger partial charge on any atom is -0.481 e. The van der Waals surface area contributed by atoms with Crippen LogP contribution in [0.4, 0.5) is 0 Å². The van der Waals surface area contributed by atoms with E-state index < -0.39 is 5.97 Å². The predicted molar refractivity (Wildman–Crippen MR) is 79.2 cm³/mol. The van der Waals surface area contributed by atoms with Crippen LogP contribution in [0.15, 0.2) is 60.8 Å². The van der Waals surface area contributed by atoms with Gasteiger partial charge < -0.3 is 9.84 Å². The summed E-state index contributed by atoms with van der Waals surface area (Å²) in [4.78, 5) is 10.8. The van der Waals surface area contributed by atoms with Crippen molar-refractivity contribution in [3.8, 4) is 17.2 Å². The number of hydrogen-bond donors (Lipinski definition) is 1. The Labute approximate surface area is 126 Å². The van der Waals surface area contributed by atoms with E-state index in [1.54, 1.807) is 24.3 Å². The number of hydrogen-bond acceptors (Lipinski definition) is 4. The molecule has 0 saturated heterocycles. The van der Waals surface area contributed by atoms with Crippen LogP contribution in [-0.2, 0) is 11.2 Å². The zero-order valence-electron chi connectivity index (χ0n) is 11.6. The standard InChI is InChI=1S/C16H13N3O3/c20-16(21)10-13-11-17-18-19(13)12-6-8-15(9-7-12)22-14-4-2-1-3-5-14/h1-9,11H,10H2,(H,20,21). The van der Waals surface area contributed by atoms with Crippen molar-refractivity contribution >= 4 is 5.97 Å². The fourth-order valence-corrected chi connectivity index (χ4v) is 2.03. The van der Waals surface area contributed by atoms with Gasteiger partial charge in [0.1, 0.15) is 11.5 Å². The molecule has 3 aromatic rings. The average molecular weight is 295 g/mol. The third-order valence-electron chi connectivity index (χ3n) is 3.01. The highest BCUT2D eigenvalue weighted by molar-refractivity contribution is 5.69. The summed E-state index contributed by atoms with van der Waals surface area (Å²) in [5.41, 5.74) is 1.25. The smallest absolute Gasteiger partial charge is 0.309 e. The molecule has 0 fully saturated rings. The molecule has 0 aliphatic heterocycles. The van der Waals surface area contributed by atoms with Crippen LogP contribution < -0.4 is 4.74 Å². The van der Waals surface area contributed by atoms with Crippen molar-refractivity contribution in [1.29, 1.82) is 0 Å². The van der Waals surface area contributed by atoms with E-state index in [-0.39, 0.29) is 6.42 Å². The SMILES string of the molecule is O=C(O)Cc1cnnn1-c1ccc(Oc2ccccc2)cc1. The molecule has 0 saturated carbocycles. The molecule has 110 valence electrons. The molecule has 0 spiro atoms. The summed E-state index contributed by atoms with van der Waals surface area (Å²) in [7, 11) is 0. The third-order valence-corrected chi connectivity index (χ3v) is 3.01. The van der Waals surface area contributed by atoms with Crippen molar-refractivity contribution in [3.63, 3.8) is 0 Å². The number of benzene rings is 2. The molecule has 1 heterocycles. The van der Waals surface area contributed by atoms with E-state index in [1.165, 1.54) is 10.9 Å². The lowest BCUT2D eigenvalue weighted by atomic mass is 10.2. The molecule has 3 rings (SSSR count). The number of para-hydroxylation sites is 1. The largest absolute Gasteiger partial charge is 0.481 e. The van der Waals surface area contributed by atoms with Gasteiger partial charge >= 0.3 is 5.97 Å². The first-order valence-corrected chi connectivity index (χ1v) is 6.67. The van der Waals surface area contributed by atoms with Gasteiger partial charge in [0.2, 0.25) is 0 Å². The van der Waals surface area contributed by atoms with Gasteiger partial charge in [0.25, 0.3) is 0 Å². The third kappa shape index (κ3) is 3.12. The van der Waals surface area contributed by atoms with Gasteiger partial charge in [-0.05, 0) is 36.4 Å². The van der Waals surface area contributed by atoms with Crippen molar-refractivity contribution in [2.24, 2.45) is 0 Å². The van der Waals surface area contributed by atoms with Gasteiger partial charge in [-0.1, -0.05) is 23.4 Å². The van der Waals surface area contributed by atoms with Crippen molar-refractivity contribution in [3.05, 3.63) is 66.5 Å². The zero-order chi connectivity index (χ0) is 15.4. The number of carboxylic acid groups (broad SMARTS) is 1. The normalized spacial score (nSPS) is 10.4. The van der Waals surface area contributed by atoms with E-state index in [2.05, 4.69) is 10.3 Å². The number of carboxylic acids is 1. The van der Waals surface area contributed by atoms with Gasteiger partial charge in [0.05, 0.1) is 24.0 Å². The second-order valence-corrected chi connectivity index (χ2v) is 4.62. The minimum atomic E-state index is -0.924. The van der Waals surface area contributed by atoms with Gasteiger partial charge in [0, 0.05) is 0 Å². The first-order valence-electron chi connectivity index (χ1n) is 6.67. The Balaban J connectivity index is 1.80. The summed E-state index contributed by atoms with van der Waals surface area (Å²) in [6, 6.07) is 16.7. The topological polar surface area (TPSA) is 77.2 Å². The van der Waals surface area contributed by atoms with E-state index in [0.29, 0.717) is 11.4 Å². The van der Waals surface area contributed by atoms with Crippen LogP contribution in [0.3, 0.4) is 0 Å².